The Bertz CT molecular complexity index is 587. The number of nitrogens with zero attached hydrogens (tertiary/aromatic N) is 1. The van der Waals surface area contributed by atoms with Gasteiger partial charge >= 0.3 is 0 Å². The van der Waals surface area contributed by atoms with Crippen LogP contribution in [0, 0.1) is 0 Å². The van der Waals surface area contributed by atoms with Crippen molar-refractivity contribution in [3.63, 3.8) is 0 Å². The molecule has 0 saturated heterocycles. The van der Waals surface area contributed by atoms with Crippen molar-refractivity contribution >= 4 is 15.7 Å². The summed E-state index contributed by atoms with van der Waals surface area (Å²) in [7, 11) is -3.01. The molecular formula is C16H24N2O3S. The first kappa shape index (κ1) is 16.9. The summed E-state index contributed by atoms with van der Waals surface area (Å²) in [5.74, 6) is 0.00934. The van der Waals surface area contributed by atoms with Gasteiger partial charge in [0.25, 0.3) is 0 Å². The minimum absolute atomic E-state index is 0.00387. The van der Waals surface area contributed by atoms with E-state index in [-0.39, 0.29) is 17.2 Å². The monoisotopic (exact) mass is 324 g/mol. The van der Waals surface area contributed by atoms with Gasteiger partial charge in [0.05, 0.1) is 5.25 Å². The molecule has 0 aliphatic heterocycles. The molecule has 2 atom stereocenters. The van der Waals surface area contributed by atoms with E-state index in [0.717, 1.165) is 31.4 Å². The second kappa shape index (κ2) is 7.72. The van der Waals surface area contributed by atoms with Crippen molar-refractivity contribution in [3.8, 4) is 0 Å². The van der Waals surface area contributed by atoms with Gasteiger partial charge in [-0.25, -0.2) is 8.42 Å². The second-order valence-electron chi connectivity index (χ2n) is 6.06. The van der Waals surface area contributed by atoms with Gasteiger partial charge in [0.15, 0.2) is 0 Å². The standard InChI is InChI=1S/C16H24N2O3S/c1-22(20,21)15-9-4-8-14(12-15)18-16(19)10-5-7-13-6-2-3-11-17-13/h2-3,6,11,14-15H,4-5,7-10,12H2,1H3,(H,18,19)/t14-,15-/m0/s1. The van der Waals surface area contributed by atoms with Gasteiger partial charge in [-0.1, -0.05) is 12.5 Å². The Balaban J connectivity index is 1.72. The molecule has 122 valence electrons. The Morgan fingerprint density at radius 1 is 1.36 bits per heavy atom. The van der Waals surface area contributed by atoms with E-state index in [1.807, 2.05) is 18.2 Å². The van der Waals surface area contributed by atoms with Gasteiger partial charge in [-0.3, -0.25) is 9.78 Å². The molecule has 5 nitrogen and oxygen atoms in total. The molecule has 0 bridgehead atoms. The van der Waals surface area contributed by atoms with Crippen LogP contribution in [-0.2, 0) is 21.1 Å². The molecule has 6 heteroatoms. The number of carbonyl (C=O) groups excluding carboxylic acids is 1. The van der Waals surface area contributed by atoms with E-state index in [0.29, 0.717) is 19.3 Å². The molecule has 1 aliphatic carbocycles. The van der Waals surface area contributed by atoms with Crippen LogP contribution in [0.3, 0.4) is 0 Å². The fourth-order valence-electron chi connectivity index (χ4n) is 2.94. The first-order valence-corrected chi connectivity index (χ1v) is 9.79. The molecule has 0 unspecified atom stereocenters. The number of sulfone groups is 1. The zero-order valence-electron chi connectivity index (χ0n) is 13.0. The molecule has 1 saturated carbocycles. The largest absolute Gasteiger partial charge is 0.353 e. The highest BCUT2D eigenvalue weighted by Gasteiger charge is 2.29. The second-order valence-corrected chi connectivity index (χ2v) is 8.38. The first-order chi connectivity index (χ1) is 10.4. The van der Waals surface area contributed by atoms with Gasteiger partial charge in [0.2, 0.25) is 5.91 Å². The SMILES string of the molecule is CS(=O)(=O)[C@H]1CCC[C@H](NC(=O)CCCc2ccccn2)C1. The third-order valence-corrected chi connectivity index (χ3v) is 5.80. The van der Waals surface area contributed by atoms with E-state index in [4.69, 9.17) is 0 Å². The molecule has 22 heavy (non-hydrogen) atoms. The number of nitrogens with one attached hydrogen (secondary N) is 1. The van der Waals surface area contributed by atoms with Crippen molar-refractivity contribution in [3.05, 3.63) is 30.1 Å². The minimum Gasteiger partial charge on any atom is -0.353 e. The highest BCUT2D eigenvalue weighted by Crippen LogP contribution is 2.23. The molecule has 1 N–H and O–H groups in total. The van der Waals surface area contributed by atoms with Crippen LogP contribution in [0.5, 0.6) is 0 Å². The van der Waals surface area contributed by atoms with E-state index in [1.54, 1.807) is 6.20 Å². The van der Waals surface area contributed by atoms with Gasteiger partial charge in [0.1, 0.15) is 9.84 Å². The van der Waals surface area contributed by atoms with Crippen molar-refractivity contribution in [2.45, 2.75) is 56.2 Å². The molecule has 1 aliphatic rings. The van der Waals surface area contributed by atoms with Gasteiger partial charge in [-0.2, -0.15) is 0 Å². The van der Waals surface area contributed by atoms with E-state index < -0.39 is 9.84 Å². The smallest absolute Gasteiger partial charge is 0.220 e. The van der Waals surface area contributed by atoms with Crippen molar-refractivity contribution in [2.75, 3.05) is 6.26 Å². The lowest BCUT2D eigenvalue weighted by Gasteiger charge is -2.28. The van der Waals surface area contributed by atoms with Gasteiger partial charge in [0, 0.05) is 30.6 Å². The normalized spacial score (nSPS) is 22.2. The van der Waals surface area contributed by atoms with Crippen molar-refractivity contribution in [1.29, 1.82) is 0 Å². The van der Waals surface area contributed by atoms with Gasteiger partial charge in [-0.05, 0) is 44.2 Å². The average molecular weight is 324 g/mol. The van der Waals surface area contributed by atoms with E-state index in [1.165, 1.54) is 6.26 Å². The molecular weight excluding hydrogens is 300 g/mol. The molecule has 0 radical (unpaired) electrons. The van der Waals surface area contributed by atoms with Crippen LogP contribution in [0.15, 0.2) is 24.4 Å². The lowest BCUT2D eigenvalue weighted by molar-refractivity contribution is -0.122. The third-order valence-electron chi connectivity index (χ3n) is 4.16. The van der Waals surface area contributed by atoms with Crippen molar-refractivity contribution in [2.24, 2.45) is 0 Å². The Labute approximate surface area is 132 Å². The molecule has 1 aromatic heterocycles. The van der Waals surface area contributed by atoms with E-state index in [2.05, 4.69) is 10.3 Å². The summed E-state index contributed by atoms with van der Waals surface area (Å²) in [6.45, 7) is 0. The summed E-state index contributed by atoms with van der Waals surface area (Å²) < 4.78 is 23.3. The third kappa shape index (κ3) is 5.40. The van der Waals surface area contributed by atoms with Crippen LogP contribution < -0.4 is 5.32 Å². The van der Waals surface area contributed by atoms with Crippen LogP contribution in [0.4, 0.5) is 0 Å². The summed E-state index contributed by atoms with van der Waals surface area (Å²) in [6, 6.07) is 5.76. The quantitative estimate of drug-likeness (QED) is 0.867. The minimum atomic E-state index is -3.01. The fraction of sp³-hybridized carbons (Fsp3) is 0.625. The molecule has 0 spiro atoms. The number of aryl methyl sites for hydroxylation is 1. The van der Waals surface area contributed by atoms with E-state index >= 15 is 0 Å². The molecule has 1 fully saturated rings. The van der Waals surface area contributed by atoms with Crippen LogP contribution in [-0.4, -0.2) is 36.9 Å². The Morgan fingerprint density at radius 3 is 2.86 bits per heavy atom. The van der Waals surface area contributed by atoms with Crippen molar-refractivity contribution in [1.82, 2.24) is 10.3 Å². The predicted octanol–water partition coefficient (Wildman–Crippen LogP) is 1.88. The summed E-state index contributed by atoms with van der Waals surface area (Å²) in [6.07, 6.45) is 8.02. The molecule has 1 aromatic rings. The maximum atomic E-state index is 12.0. The van der Waals surface area contributed by atoms with Gasteiger partial charge in [-0.15, -0.1) is 0 Å². The summed E-state index contributed by atoms with van der Waals surface area (Å²) in [4.78, 5) is 16.2. The average Bonchev–Trinajstić information content (AvgIpc) is 2.48. The van der Waals surface area contributed by atoms with E-state index in [9.17, 15) is 13.2 Å². The van der Waals surface area contributed by atoms with Crippen LogP contribution in [0.1, 0.15) is 44.2 Å². The Morgan fingerprint density at radius 2 is 2.18 bits per heavy atom. The predicted molar refractivity (Wildman–Crippen MR) is 86.2 cm³/mol. The Kier molecular flexibility index (Phi) is 5.94. The first-order valence-electron chi connectivity index (χ1n) is 7.83. The van der Waals surface area contributed by atoms with Crippen LogP contribution >= 0.6 is 0 Å². The number of hydrogen-bond acceptors (Lipinski definition) is 4. The maximum absolute atomic E-state index is 12.0. The number of aromatic nitrogens is 1. The highest BCUT2D eigenvalue weighted by atomic mass is 32.2. The highest BCUT2D eigenvalue weighted by molar-refractivity contribution is 7.91. The molecule has 2 rings (SSSR count). The lowest BCUT2D eigenvalue weighted by Crippen LogP contribution is -2.41. The van der Waals surface area contributed by atoms with Crippen LogP contribution in [0.25, 0.3) is 0 Å². The Hall–Kier alpha value is -1.43. The molecule has 0 aromatic carbocycles. The van der Waals surface area contributed by atoms with Gasteiger partial charge < -0.3 is 5.32 Å². The number of carbonyl (C=O) groups is 1. The zero-order chi connectivity index (χ0) is 16.0. The molecule has 1 amide bonds. The summed E-state index contributed by atoms with van der Waals surface area (Å²) in [5, 5.41) is 2.68. The van der Waals surface area contributed by atoms with Crippen LogP contribution in [0.2, 0.25) is 0 Å². The summed E-state index contributed by atoms with van der Waals surface area (Å²) in [5.41, 5.74) is 0.991. The topological polar surface area (TPSA) is 76.1 Å². The zero-order valence-corrected chi connectivity index (χ0v) is 13.8. The number of amides is 1. The number of rotatable bonds is 6. The lowest BCUT2D eigenvalue weighted by atomic mass is 9.95. The fourth-order valence-corrected chi connectivity index (χ4v) is 4.12. The van der Waals surface area contributed by atoms with Crippen molar-refractivity contribution < 1.29 is 13.2 Å². The number of hydrogen-bond donors (Lipinski definition) is 1. The maximum Gasteiger partial charge on any atom is 0.220 e. The molecule has 1 heterocycles. The number of pyridine rings is 1. The summed E-state index contributed by atoms with van der Waals surface area (Å²) >= 11 is 0.